The summed E-state index contributed by atoms with van der Waals surface area (Å²) >= 11 is 0. The minimum absolute atomic E-state index is 0.0354. The van der Waals surface area contributed by atoms with Crippen molar-refractivity contribution in [2.45, 2.75) is 13.8 Å². The van der Waals surface area contributed by atoms with Crippen LogP contribution >= 0.6 is 0 Å². The van der Waals surface area contributed by atoms with Gasteiger partial charge in [-0.1, -0.05) is 17.7 Å². The standard InChI is InChI=1S/C15H16N3O3/c1-10-3-5-12(6-4-10)17-14-8-7-13(18(20)21)9-15(14)16-11(2)19/h3-9,17,20H,1-2H3,(H,16,19)/q-1. The monoisotopic (exact) mass is 286 g/mol. The van der Waals surface area contributed by atoms with Crippen molar-refractivity contribution in [1.82, 2.24) is 0 Å². The van der Waals surface area contributed by atoms with E-state index in [4.69, 9.17) is 5.21 Å². The quantitative estimate of drug-likeness (QED) is 0.750. The van der Waals surface area contributed by atoms with Gasteiger partial charge < -0.3 is 21.1 Å². The molecule has 1 amide bonds. The van der Waals surface area contributed by atoms with Crippen LogP contribution in [0, 0.1) is 12.1 Å². The largest absolute Gasteiger partial charge is 0.733 e. The van der Waals surface area contributed by atoms with Gasteiger partial charge >= 0.3 is 0 Å². The van der Waals surface area contributed by atoms with Crippen molar-refractivity contribution < 1.29 is 10.0 Å². The molecule has 2 aromatic rings. The summed E-state index contributed by atoms with van der Waals surface area (Å²) in [5.74, 6) is -0.269. The maximum atomic E-state index is 11.3. The van der Waals surface area contributed by atoms with Crippen molar-refractivity contribution in [3.8, 4) is 0 Å². The number of carbonyl (C=O) groups excluding carboxylic acids is 1. The highest BCUT2D eigenvalue weighted by Crippen LogP contribution is 2.30. The molecule has 21 heavy (non-hydrogen) atoms. The van der Waals surface area contributed by atoms with E-state index < -0.39 is 0 Å². The van der Waals surface area contributed by atoms with Crippen LogP contribution < -0.4 is 15.9 Å². The van der Waals surface area contributed by atoms with E-state index in [0.717, 1.165) is 11.3 Å². The lowest BCUT2D eigenvalue weighted by molar-refractivity contribution is -0.114. The number of aryl methyl sites for hydroxylation is 1. The molecule has 6 nitrogen and oxygen atoms in total. The van der Waals surface area contributed by atoms with E-state index in [-0.39, 0.29) is 16.8 Å². The fourth-order valence-corrected chi connectivity index (χ4v) is 1.85. The van der Waals surface area contributed by atoms with Crippen LogP contribution in [0.4, 0.5) is 22.7 Å². The third kappa shape index (κ3) is 3.95. The van der Waals surface area contributed by atoms with Crippen molar-refractivity contribution in [3.05, 3.63) is 53.2 Å². The first-order chi connectivity index (χ1) is 9.95. The van der Waals surface area contributed by atoms with Crippen LogP contribution in [0.2, 0.25) is 0 Å². The molecule has 0 radical (unpaired) electrons. The lowest BCUT2D eigenvalue weighted by Crippen LogP contribution is -2.11. The molecule has 2 aromatic carbocycles. The Hall–Kier alpha value is -2.57. The molecule has 0 aliphatic heterocycles. The van der Waals surface area contributed by atoms with Gasteiger partial charge in [-0.25, -0.2) is 0 Å². The van der Waals surface area contributed by atoms with Gasteiger partial charge in [-0.15, -0.1) is 0 Å². The van der Waals surface area contributed by atoms with Crippen LogP contribution in [0.15, 0.2) is 42.5 Å². The molecule has 0 aliphatic rings. The molecule has 3 N–H and O–H groups in total. The van der Waals surface area contributed by atoms with E-state index in [2.05, 4.69) is 10.6 Å². The summed E-state index contributed by atoms with van der Waals surface area (Å²) in [6.45, 7) is 3.36. The minimum atomic E-state index is -0.269. The van der Waals surface area contributed by atoms with Gasteiger partial charge in [-0.3, -0.25) is 10.0 Å². The molecule has 0 unspecified atom stereocenters. The second-order valence-corrected chi connectivity index (χ2v) is 4.68. The maximum absolute atomic E-state index is 11.3. The third-order valence-corrected chi connectivity index (χ3v) is 2.87. The number of carbonyl (C=O) groups is 1. The average Bonchev–Trinajstić information content (AvgIpc) is 2.42. The zero-order valence-electron chi connectivity index (χ0n) is 11.8. The second-order valence-electron chi connectivity index (χ2n) is 4.68. The number of nitrogens with one attached hydrogen (secondary N) is 2. The van der Waals surface area contributed by atoms with Gasteiger partial charge in [0.2, 0.25) is 5.91 Å². The van der Waals surface area contributed by atoms with Crippen molar-refractivity contribution in [3.63, 3.8) is 0 Å². The van der Waals surface area contributed by atoms with Crippen LogP contribution in [0.1, 0.15) is 12.5 Å². The molecule has 0 saturated carbocycles. The summed E-state index contributed by atoms with van der Waals surface area (Å²) in [7, 11) is 0. The Labute approximate surface area is 122 Å². The van der Waals surface area contributed by atoms with Gasteiger partial charge in [0.25, 0.3) is 0 Å². The number of hydrogen-bond acceptors (Lipinski definition) is 5. The van der Waals surface area contributed by atoms with Crippen molar-refractivity contribution in [1.29, 1.82) is 0 Å². The molecule has 0 aromatic heterocycles. The summed E-state index contributed by atoms with van der Waals surface area (Å²) in [4.78, 5) is 11.3. The number of benzene rings is 2. The second kappa shape index (κ2) is 6.25. The molecule has 110 valence electrons. The predicted molar refractivity (Wildman–Crippen MR) is 82.8 cm³/mol. The fourth-order valence-electron chi connectivity index (χ4n) is 1.85. The highest BCUT2D eigenvalue weighted by Gasteiger charge is 2.07. The highest BCUT2D eigenvalue weighted by molar-refractivity contribution is 5.94. The SMILES string of the molecule is CC(=O)Nc1cc(N([O-])O)ccc1Nc1ccc(C)cc1. The van der Waals surface area contributed by atoms with Crippen molar-refractivity contribution in [2.75, 3.05) is 15.9 Å². The molecular formula is C15H16N3O3-. The number of amides is 1. The van der Waals surface area contributed by atoms with Gasteiger partial charge in [0.15, 0.2) is 0 Å². The summed E-state index contributed by atoms with van der Waals surface area (Å²) in [5, 5.41) is 25.4. The van der Waals surface area contributed by atoms with E-state index in [0.29, 0.717) is 11.4 Å². The molecule has 2 rings (SSSR count). The number of nitrogens with zero attached hydrogens (tertiary/aromatic N) is 1. The average molecular weight is 286 g/mol. The first kappa shape index (κ1) is 14.8. The Morgan fingerprint density at radius 1 is 1.14 bits per heavy atom. The number of rotatable bonds is 4. The molecular weight excluding hydrogens is 270 g/mol. The van der Waals surface area contributed by atoms with E-state index in [9.17, 15) is 10.0 Å². The van der Waals surface area contributed by atoms with Gasteiger partial charge in [0.1, 0.15) is 0 Å². The Kier molecular flexibility index (Phi) is 4.42. The molecule has 0 spiro atoms. The normalized spacial score (nSPS) is 10.1. The number of anilines is 4. The molecule has 0 fully saturated rings. The lowest BCUT2D eigenvalue weighted by Gasteiger charge is -2.23. The minimum Gasteiger partial charge on any atom is -0.733 e. The predicted octanol–water partition coefficient (Wildman–Crippen LogP) is 3.39. The van der Waals surface area contributed by atoms with Crippen LogP contribution in [0.5, 0.6) is 0 Å². The molecule has 0 heterocycles. The Morgan fingerprint density at radius 2 is 1.81 bits per heavy atom. The van der Waals surface area contributed by atoms with Crippen LogP contribution in [0.3, 0.4) is 0 Å². The van der Waals surface area contributed by atoms with E-state index in [1.807, 2.05) is 31.2 Å². The van der Waals surface area contributed by atoms with E-state index in [1.54, 1.807) is 6.07 Å². The molecule has 0 aliphatic carbocycles. The van der Waals surface area contributed by atoms with Gasteiger partial charge in [-0.05, 0) is 37.3 Å². The third-order valence-electron chi connectivity index (χ3n) is 2.87. The number of hydrogen-bond donors (Lipinski definition) is 3. The summed E-state index contributed by atoms with van der Waals surface area (Å²) in [6, 6.07) is 12.2. The van der Waals surface area contributed by atoms with Gasteiger partial charge in [-0.2, -0.15) is 0 Å². The Balaban J connectivity index is 2.32. The Bertz CT molecular complexity index is 639. The van der Waals surface area contributed by atoms with Gasteiger partial charge in [0, 0.05) is 12.6 Å². The molecule has 0 atom stereocenters. The van der Waals surface area contributed by atoms with E-state index >= 15 is 0 Å². The summed E-state index contributed by atoms with van der Waals surface area (Å²) in [6.07, 6.45) is 0. The zero-order valence-corrected chi connectivity index (χ0v) is 11.8. The smallest absolute Gasteiger partial charge is 0.221 e. The topological polar surface area (TPSA) is 87.7 Å². The summed E-state index contributed by atoms with van der Waals surface area (Å²) in [5.41, 5.74) is 3.06. The first-order valence-electron chi connectivity index (χ1n) is 6.37. The molecule has 6 heteroatoms. The summed E-state index contributed by atoms with van der Waals surface area (Å²) < 4.78 is 0. The van der Waals surface area contributed by atoms with Crippen LogP contribution in [-0.4, -0.2) is 11.1 Å². The van der Waals surface area contributed by atoms with Gasteiger partial charge in [0.05, 0.1) is 17.1 Å². The molecule has 0 saturated heterocycles. The first-order valence-corrected chi connectivity index (χ1v) is 6.37. The maximum Gasteiger partial charge on any atom is 0.221 e. The van der Waals surface area contributed by atoms with E-state index in [1.165, 1.54) is 19.1 Å². The van der Waals surface area contributed by atoms with Crippen molar-refractivity contribution >= 4 is 28.7 Å². The highest BCUT2D eigenvalue weighted by atomic mass is 16.8. The Morgan fingerprint density at radius 3 is 2.38 bits per heavy atom. The lowest BCUT2D eigenvalue weighted by atomic mass is 10.2. The molecule has 0 bridgehead atoms. The van der Waals surface area contributed by atoms with Crippen LogP contribution in [0.25, 0.3) is 0 Å². The van der Waals surface area contributed by atoms with Crippen LogP contribution in [-0.2, 0) is 4.79 Å². The zero-order chi connectivity index (χ0) is 15.4. The van der Waals surface area contributed by atoms with Crippen molar-refractivity contribution in [2.24, 2.45) is 0 Å². The fraction of sp³-hybridized carbons (Fsp3) is 0.133.